The first-order valence-electron chi connectivity index (χ1n) is 5.08. The summed E-state index contributed by atoms with van der Waals surface area (Å²) in [5.41, 5.74) is 0.546. The Labute approximate surface area is 118 Å². The molecule has 0 amide bonds. The number of halogens is 4. The Hall–Kier alpha value is -0.770. The third-order valence-corrected chi connectivity index (χ3v) is 3.87. The lowest BCUT2D eigenvalue weighted by atomic mass is 10.2. The average molecular weight is 305 g/mol. The maximum Gasteiger partial charge on any atom is 0.141 e. The predicted molar refractivity (Wildman–Crippen MR) is 72.4 cm³/mol. The molecule has 0 fully saturated rings. The third kappa shape index (κ3) is 3.37. The van der Waals surface area contributed by atoms with Crippen LogP contribution in [0.3, 0.4) is 0 Å². The van der Waals surface area contributed by atoms with Gasteiger partial charge in [0.25, 0.3) is 0 Å². The molecule has 0 nitrogen and oxygen atoms in total. The van der Waals surface area contributed by atoms with Gasteiger partial charge in [-0.25, -0.2) is 8.78 Å². The summed E-state index contributed by atoms with van der Waals surface area (Å²) in [5, 5.41) is 0.433. The first-order chi connectivity index (χ1) is 8.56. The van der Waals surface area contributed by atoms with Gasteiger partial charge < -0.3 is 0 Å². The SMILES string of the molecule is Fc1ccc(SCc2ccc(Cl)cc2F)cc1Cl. The minimum Gasteiger partial charge on any atom is -0.207 e. The largest absolute Gasteiger partial charge is 0.207 e. The molecule has 0 spiro atoms. The van der Waals surface area contributed by atoms with Crippen molar-refractivity contribution in [1.29, 1.82) is 0 Å². The molecule has 0 bridgehead atoms. The summed E-state index contributed by atoms with van der Waals surface area (Å²) in [6.45, 7) is 0. The van der Waals surface area contributed by atoms with Crippen molar-refractivity contribution in [2.75, 3.05) is 0 Å². The summed E-state index contributed by atoms with van der Waals surface area (Å²) in [6.07, 6.45) is 0. The number of benzene rings is 2. The lowest BCUT2D eigenvalue weighted by molar-refractivity contribution is 0.617. The molecule has 18 heavy (non-hydrogen) atoms. The first-order valence-corrected chi connectivity index (χ1v) is 6.82. The monoisotopic (exact) mass is 304 g/mol. The van der Waals surface area contributed by atoms with Crippen molar-refractivity contribution in [2.24, 2.45) is 0 Å². The summed E-state index contributed by atoms with van der Waals surface area (Å²) in [7, 11) is 0. The van der Waals surface area contributed by atoms with Crippen LogP contribution in [0, 0.1) is 11.6 Å². The summed E-state index contributed by atoms with van der Waals surface area (Å²) in [6, 6.07) is 8.97. The van der Waals surface area contributed by atoms with Crippen molar-refractivity contribution in [3.8, 4) is 0 Å². The number of hydrogen-bond acceptors (Lipinski definition) is 1. The van der Waals surface area contributed by atoms with Crippen molar-refractivity contribution in [3.63, 3.8) is 0 Å². The third-order valence-electron chi connectivity index (χ3n) is 2.30. The predicted octanol–water partition coefficient (Wildman–Crippen LogP) is 5.56. The van der Waals surface area contributed by atoms with E-state index in [-0.39, 0.29) is 10.8 Å². The van der Waals surface area contributed by atoms with Crippen molar-refractivity contribution < 1.29 is 8.78 Å². The van der Waals surface area contributed by atoms with E-state index < -0.39 is 5.82 Å². The Bertz CT molecular complexity index is 573. The molecular weight excluding hydrogens is 297 g/mol. The van der Waals surface area contributed by atoms with Gasteiger partial charge in [-0.15, -0.1) is 11.8 Å². The van der Waals surface area contributed by atoms with Crippen LogP contribution < -0.4 is 0 Å². The smallest absolute Gasteiger partial charge is 0.141 e. The minimum absolute atomic E-state index is 0.0663. The van der Waals surface area contributed by atoms with Crippen molar-refractivity contribution in [2.45, 2.75) is 10.6 Å². The zero-order valence-electron chi connectivity index (χ0n) is 9.09. The summed E-state index contributed by atoms with van der Waals surface area (Å²) >= 11 is 12.7. The number of thioether (sulfide) groups is 1. The second-order valence-corrected chi connectivity index (χ2v) is 5.49. The molecule has 0 aliphatic heterocycles. The van der Waals surface area contributed by atoms with Crippen molar-refractivity contribution >= 4 is 35.0 Å². The minimum atomic E-state index is -0.460. The van der Waals surface area contributed by atoms with Gasteiger partial charge in [-0.3, -0.25) is 0 Å². The van der Waals surface area contributed by atoms with Crippen LogP contribution in [-0.4, -0.2) is 0 Å². The Kier molecular flexibility index (Phi) is 4.49. The van der Waals surface area contributed by atoms with E-state index in [1.165, 1.54) is 30.0 Å². The van der Waals surface area contributed by atoms with E-state index in [0.717, 1.165) is 4.90 Å². The molecule has 0 heterocycles. The van der Waals surface area contributed by atoms with Crippen LogP contribution in [-0.2, 0) is 5.75 Å². The van der Waals surface area contributed by atoms with Gasteiger partial charge in [0.2, 0.25) is 0 Å². The molecule has 0 saturated heterocycles. The fraction of sp³-hybridized carbons (Fsp3) is 0.0769. The fourth-order valence-corrected chi connectivity index (χ4v) is 2.69. The molecule has 0 aliphatic carbocycles. The average Bonchev–Trinajstić information content (AvgIpc) is 2.32. The lowest BCUT2D eigenvalue weighted by Crippen LogP contribution is -1.87. The topological polar surface area (TPSA) is 0 Å². The summed E-state index contributed by atoms with van der Waals surface area (Å²) < 4.78 is 26.5. The van der Waals surface area contributed by atoms with Crippen LogP contribution in [0.15, 0.2) is 41.3 Å². The van der Waals surface area contributed by atoms with Gasteiger partial charge in [-0.05, 0) is 35.9 Å². The number of rotatable bonds is 3. The van der Waals surface area contributed by atoms with Gasteiger partial charge >= 0.3 is 0 Å². The molecule has 0 saturated carbocycles. The molecular formula is C13H8Cl2F2S. The van der Waals surface area contributed by atoms with Crippen LogP contribution in [0.5, 0.6) is 0 Å². The fourth-order valence-electron chi connectivity index (χ4n) is 1.37. The molecule has 0 atom stereocenters. The van der Waals surface area contributed by atoms with Crippen molar-refractivity contribution in [1.82, 2.24) is 0 Å². The highest BCUT2D eigenvalue weighted by molar-refractivity contribution is 7.98. The number of hydrogen-bond donors (Lipinski definition) is 0. The molecule has 94 valence electrons. The highest BCUT2D eigenvalue weighted by Gasteiger charge is 2.05. The normalized spacial score (nSPS) is 10.7. The van der Waals surface area contributed by atoms with Crippen LogP contribution in [0.2, 0.25) is 10.0 Å². The Balaban J connectivity index is 2.09. The van der Waals surface area contributed by atoms with E-state index in [0.29, 0.717) is 16.3 Å². The molecule has 2 aromatic carbocycles. The van der Waals surface area contributed by atoms with E-state index in [9.17, 15) is 8.78 Å². The molecule has 0 N–H and O–H groups in total. The lowest BCUT2D eigenvalue weighted by Gasteiger charge is -2.04. The summed E-state index contributed by atoms with van der Waals surface area (Å²) in [4.78, 5) is 0.788. The maximum absolute atomic E-state index is 13.5. The van der Waals surface area contributed by atoms with Gasteiger partial charge in [0, 0.05) is 15.7 Å². The standard InChI is InChI=1S/C13H8Cl2F2S/c14-9-2-1-8(13(17)5-9)7-18-10-3-4-12(16)11(15)6-10/h1-6H,7H2. The van der Waals surface area contributed by atoms with Crippen LogP contribution in [0.4, 0.5) is 8.78 Å². The van der Waals surface area contributed by atoms with Crippen LogP contribution in [0.1, 0.15) is 5.56 Å². The quantitative estimate of drug-likeness (QED) is 0.669. The molecule has 0 radical (unpaired) electrons. The Morgan fingerprint density at radius 2 is 1.72 bits per heavy atom. The van der Waals surface area contributed by atoms with Gasteiger partial charge in [0.1, 0.15) is 11.6 Å². The zero-order chi connectivity index (χ0) is 13.1. The van der Waals surface area contributed by atoms with Gasteiger partial charge in [-0.1, -0.05) is 29.3 Å². The van der Waals surface area contributed by atoms with Gasteiger partial charge in [-0.2, -0.15) is 0 Å². The van der Waals surface area contributed by atoms with E-state index in [2.05, 4.69) is 0 Å². The van der Waals surface area contributed by atoms with E-state index in [1.54, 1.807) is 18.2 Å². The molecule has 2 aromatic rings. The van der Waals surface area contributed by atoms with E-state index >= 15 is 0 Å². The second-order valence-electron chi connectivity index (χ2n) is 3.60. The summed E-state index contributed by atoms with van der Waals surface area (Å²) in [5.74, 6) is -0.368. The highest BCUT2D eigenvalue weighted by atomic mass is 35.5. The van der Waals surface area contributed by atoms with Gasteiger partial charge in [0.05, 0.1) is 5.02 Å². The van der Waals surface area contributed by atoms with E-state index in [1.807, 2.05) is 0 Å². The maximum atomic E-state index is 13.5. The van der Waals surface area contributed by atoms with Crippen molar-refractivity contribution in [3.05, 3.63) is 63.6 Å². The molecule has 0 aromatic heterocycles. The Morgan fingerprint density at radius 3 is 2.39 bits per heavy atom. The van der Waals surface area contributed by atoms with Gasteiger partial charge in [0.15, 0.2) is 0 Å². The first kappa shape index (κ1) is 13.7. The molecule has 0 unspecified atom stereocenters. The van der Waals surface area contributed by atoms with Crippen LogP contribution >= 0.6 is 35.0 Å². The molecule has 0 aliphatic rings. The highest BCUT2D eigenvalue weighted by Crippen LogP contribution is 2.28. The Morgan fingerprint density at radius 1 is 0.944 bits per heavy atom. The second kappa shape index (κ2) is 5.91. The molecule has 2 rings (SSSR count). The zero-order valence-corrected chi connectivity index (χ0v) is 11.4. The van der Waals surface area contributed by atoms with E-state index in [4.69, 9.17) is 23.2 Å². The molecule has 5 heteroatoms. The van der Waals surface area contributed by atoms with Crippen LogP contribution in [0.25, 0.3) is 0 Å².